The summed E-state index contributed by atoms with van der Waals surface area (Å²) in [6.07, 6.45) is 0. The Balaban J connectivity index is 2.39. The highest BCUT2D eigenvalue weighted by molar-refractivity contribution is 7.99. The van der Waals surface area contributed by atoms with Crippen molar-refractivity contribution in [1.29, 1.82) is 0 Å². The lowest BCUT2D eigenvalue weighted by Gasteiger charge is -2.06. The lowest BCUT2D eigenvalue weighted by molar-refractivity contribution is -0.385. The van der Waals surface area contributed by atoms with Crippen LogP contribution >= 0.6 is 35.0 Å². The zero-order chi connectivity index (χ0) is 14.7. The van der Waals surface area contributed by atoms with Crippen LogP contribution in [0, 0.1) is 10.1 Å². The number of rotatable bonds is 4. The fourth-order valence-corrected chi connectivity index (χ4v) is 2.76. The first-order valence-corrected chi connectivity index (χ1v) is 6.83. The van der Waals surface area contributed by atoms with Crippen molar-refractivity contribution < 1.29 is 4.92 Å². The lowest BCUT2D eigenvalue weighted by atomic mass is 10.4. The van der Waals surface area contributed by atoms with Gasteiger partial charge in [0.1, 0.15) is 10.8 Å². The van der Waals surface area contributed by atoms with Gasteiger partial charge in [0.2, 0.25) is 0 Å². The third-order valence-electron chi connectivity index (χ3n) is 2.25. The summed E-state index contributed by atoms with van der Waals surface area (Å²) >= 11 is 13.1. The molecule has 0 saturated heterocycles. The molecule has 2 rings (SSSR count). The van der Waals surface area contributed by atoms with Crippen LogP contribution in [-0.4, -0.2) is 9.91 Å². The number of nitrogens with zero attached hydrogens (tertiary/aromatic N) is 2. The molecule has 0 bridgehead atoms. The van der Waals surface area contributed by atoms with E-state index < -0.39 is 4.92 Å². The summed E-state index contributed by atoms with van der Waals surface area (Å²) < 4.78 is 0. The number of hydrogen-bond acceptors (Lipinski definition) is 6. The molecule has 1 aromatic carbocycles. The van der Waals surface area contributed by atoms with Crippen LogP contribution in [0.5, 0.6) is 0 Å². The van der Waals surface area contributed by atoms with E-state index in [0.29, 0.717) is 20.0 Å². The number of nitrogen functional groups attached to an aromatic ring is 1. The zero-order valence-electron chi connectivity index (χ0n) is 9.84. The molecule has 9 heteroatoms. The van der Waals surface area contributed by atoms with Gasteiger partial charge in [-0.25, -0.2) is 10.8 Å². The summed E-state index contributed by atoms with van der Waals surface area (Å²) in [5.74, 6) is 5.44. The van der Waals surface area contributed by atoms with Crippen LogP contribution < -0.4 is 11.3 Å². The molecule has 20 heavy (non-hydrogen) atoms. The molecule has 1 heterocycles. The molecule has 0 radical (unpaired) electrons. The molecule has 0 saturated carbocycles. The molecular weight excluding hydrogens is 323 g/mol. The van der Waals surface area contributed by atoms with Gasteiger partial charge in [-0.15, -0.1) is 0 Å². The fourth-order valence-electron chi connectivity index (χ4n) is 1.39. The fraction of sp³-hybridized carbons (Fsp3) is 0. The first kappa shape index (κ1) is 14.9. The van der Waals surface area contributed by atoms with Gasteiger partial charge in [-0.2, -0.15) is 0 Å². The van der Waals surface area contributed by atoms with E-state index in [9.17, 15) is 10.1 Å². The van der Waals surface area contributed by atoms with Crippen LogP contribution in [-0.2, 0) is 0 Å². The third-order valence-corrected chi connectivity index (χ3v) is 3.91. The van der Waals surface area contributed by atoms with Gasteiger partial charge in [0.15, 0.2) is 0 Å². The first-order valence-electron chi connectivity index (χ1n) is 5.25. The highest BCUT2D eigenvalue weighted by atomic mass is 35.5. The van der Waals surface area contributed by atoms with E-state index >= 15 is 0 Å². The molecule has 104 valence electrons. The lowest BCUT2D eigenvalue weighted by Crippen LogP contribution is -2.09. The van der Waals surface area contributed by atoms with Crippen LogP contribution in [0.25, 0.3) is 0 Å². The topological polar surface area (TPSA) is 94.1 Å². The molecule has 0 atom stereocenters. The minimum Gasteiger partial charge on any atom is -0.308 e. The van der Waals surface area contributed by atoms with Gasteiger partial charge in [-0.1, -0.05) is 35.0 Å². The van der Waals surface area contributed by atoms with Crippen molar-refractivity contribution in [2.24, 2.45) is 5.84 Å². The summed E-state index contributed by atoms with van der Waals surface area (Å²) in [6, 6.07) is 7.53. The van der Waals surface area contributed by atoms with Crippen LogP contribution in [0.1, 0.15) is 0 Å². The normalized spacial score (nSPS) is 10.3. The third kappa shape index (κ3) is 3.51. The number of nitro groups is 1. The van der Waals surface area contributed by atoms with Gasteiger partial charge in [-0.05, 0) is 18.2 Å². The second-order valence-electron chi connectivity index (χ2n) is 3.63. The van der Waals surface area contributed by atoms with E-state index in [4.69, 9.17) is 29.0 Å². The number of anilines is 1. The quantitative estimate of drug-likeness (QED) is 0.504. The van der Waals surface area contributed by atoms with E-state index in [1.807, 2.05) is 0 Å². The van der Waals surface area contributed by atoms with E-state index in [0.717, 1.165) is 11.8 Å². The molecule has 0 aliphatic carbocycles. The average Bonchev–Trinajstić information content (AvgIpc) is 2.42. The Labute approximate surface area is 128 Å². The van der Waals surface area contributed by atoms with Crippen molar-refractivity contribution in [3.63, 3.8) is 0 Å². The van der Waals surface area contributed by atoms with Crippen molar-refractivity contribution in [2.45, 2.75) is 9.92 Å². The van der Waals surface area contributed by atoms with E-state index in [1.165, 1.54) is 12.1 Å². The largest absolute Gasteiger partial charge is 0.308 e. The number of benzene rings is 1. The smallest absolute Gasteiger partial charge is 0.275 e. The molecule has 0 fully saturated rings. The number of hydrazine groups is 1. The average molecular weight is 331 g/mol. The minimum atomic E-state index is -0.522. The molecule has 0 amide bonds. The van der Waals surface area contributed by atoms with Gasteiger partial charge in [-0.3, -0.25) is 10.1 Å². The van der Waals surface area contributed by atoms with Crippen LogP contribution in [0.4, 0.5) is 11.5 Å². The van der Waals surface area contributed by atoms with Gasteiger partial charge in [0, 0.05) is 16.0 Å². The molecule has 2 aromatic rings. The highest BCUT2D eigenvalue weighted by Crippen LogP contribution is 2.35. The monoisotopic (exact) mass is 330 g/mol. The second kappa shape index (κ2) is 6.27. The number of nitrogens with two attached hydrogens (primary N) is 1. The van der Waals surface area contributed by atoms with Crippen molar-refractivity contribution in [1.82, 2.24) is 4.98 Å². The van der Waals surface area contributed by atoms with E-state index in [2.05, 4.69) is 10.4 Å². The molecule has 0 spiro atoms. The van der Waals surface area contributed by atoms with Gasteiger partial charge in [0.05, 0.1) is 16.0 Å². The maximum absolute atomic E-state index is 10.8. The standard InChI is InChI=1S/C11H8Cl2N4O2S/c12-6-1-2-8(13)9(3-6)20-11-5-7(17(18)19)4-10(15-11)16-14/h1-5H,14H2,(H,15,16). The number of aromatic nitrogens is 1. The second-order valence-corrected chi connectivity index (χ2v) is 5.53. The molecular formula is C11H8Cl2N4O2S. The minimum absolute atomic E-state index is 0.117. The first-order chi connectivity index (χ1) is 9.49. The molecule has 3 N–H and O–H groups in total. The van der Waals surface area contributed by atoms with Crippen molar-refractivity contribution in [2.75, 3.05) is 5.43 Å². The molecule has 0 aliphatic heterocycles. The number of halogens is 2. The predicted octanol–water partition coefficient (Wildman–Crippen LogP) is 3.73. The predicted molar refractivity (Wildman–Crippen MR) is 79.3 cm³/mol. The van der Waals surface area contributed by atoms with Crippen molar-refractivity contribution in [3.05, 3.63) is 50.5 Å². The Hall–Kier alpha value is -1.54. The van der Waals surface area contributed by atoms with E-state index in [-0.39, 0.29) is 11.5 Å². The van der Waals surface area contributed by atoms with Gasteiger partial charge >= 0.3 is 0 Å². The zero-order valence-corrected chi connectivity index (χ0v) is 12.2. The summed E-state index contributed by atoms with van der Waals surface area (Å²) in [5, 5.41) is 12.2. The number of hydrogen-bond donors (Lipinski definition) is 2. The van der Waals surface area contributed by atoms with Crippen molar-refractivity contribution >= 4 is 46.5 Å². The Bertz CT molecular complexity index is 669. The summed E-state index contributed by atoms with van der Waals surface area (Å²) in [6.45, 7) is 0. The Morgan fingerprint density at radius 1 is 1.30 bits per heavy atom. The van der Waals surface area contributed by atoms with Crippen LogP contribution in [0.15, 0.2) is 40.3 Å². The summed E-state index contributed by atoms with van der Waals surface area (Å²) in [7, 11) is 0. The van der Waals surface area contributed by atoms with Crippen LogP contribution in [0.2, 0.25) is 10.0 Å². The highest BCUT2D eigenvalue weighted by Gasteiger charge is 2.13. The molecule has 1 aromatic heterocycles. The van der Waals surface area contributed by atoms with Crippen molar-refractivity contribution in [3.8, 4) is 0 Å². The maximum Gasteiger partial charge on any atom is 0.275 e. The molecule has 0 aliphatic rings. The summed E-state index contributed by atoms with van der Waals surface area (Å²) in [5.41, 5.74) is 2.17. The van der Waals surface area contributed by atoms with Crippen LogP contribution in [0.3, 0.4) is 0 Å². The molecule has 6 nitrogen and oxygen atoms in total. The Morgan fingerprint density at radius 3 is 2.70 bits per heavy atom. The summed E-state index contributed by atoms with van der Waals surface area (Å²) in [4.78, 5) is 15.1. The van der Waals surface area contributed by atoms with Gasteiger partial charge in [0.25, 0.3) is 5.69 Å². The Morgan fingerprint density at radius 2 is 2.05 bits per heavy atom. The SMILES string of the molecule is NNc1cc([N+](=O)[O-])cc(Sc2cc(Cl)ccc2Cl)n1. The van der Waals surface area contributed by atoms with Gasteiger partial charge < -0.3 is 5.43 Å². The van der Waals surface area contributed by atoms with E-state index in [1.54, 1.807) is 18.2 Å². The Kier molecular flexibility index (Phi) is 4.66. The number of pyridine rings is 1. The maximum atomic E-state index is 10.8. The molecule has 0 unspecified atom stereocenters. The number of nitrogens with one attached hydrogen (secondary N) is 1.